The van der Waals surface area contributed by atoms with Crippen molar-refractivity contribution in [1.82, 2.24) is 0 Å². The van der Waals surface area contributed by atoms with E-state index in [0.29, 0.717) is 35.1 Å². The van der Waals surface area contributed by atoms with Crippen molar-refractivity contribution in [3.05, 3.63) is 78.4 Å². The third-order valence-electron chi connectivity index (χ3n) is 4.53. The predicted molar refractivity (Wildman–Crippen MR) is 120 cm³/mol. The first-order valence-corrected chi connectivity index (χ1v) is 10.1. The largest absolute Gasteiger partial charge is 0.493 e. The number of rotatable bonds is 10. The van der Waals surface area contributed by atoms with E-state index in [4.69, 9.17) is 18.9 Å². The standard InChI is InChI=1S/C25H25NO6/c1-29-22-13-11-18(15-23(22)30-2)12-14-25(28)31-17-24(27)26-19-7-6-10-21(16-19)32-20-8-4-3-5-9-20/h3-11,13,15-16H,12,14,17H2,1-2H3,(H,26,27). The summed E-state index contributed by atoms with van der Waals surface area (Å²) >= 11 is 0. The maximum Gasteiger partial charge on any atom is 0.306 e. The molecule has 1 amide bonds. The summed E-state index contributed by atoms with van der Waals surface area (Å²) in [5.74, 6) is 1.60. The van der Waals surface area contributed by atoms with E-state index in [9.17, 15) is 9.59 Å². The Kier molecular flexibility index (Phi) is 8.09. The summed E-state index contributed by atoms with van der Waals surface area (Å²) in [7, 11) is 3.12. The Morgan fingerprint density at radius 1 is 0.812 bits per heavy atom. The number of carbonyl (C=O) groups excluding carboxylic acids is 2. The van der Waals surface area contributed by atoms with Crippen LogP contribution < -0.4 is 19.5 Å². The first kappa shape index (κ1) is 22.7. The molecule has 3 aromatic carbocycles. The van der Waals surface area contributed by atoms with Crippen molar-refractivity contribution in [3.8, 4) is 23.0 Å². The molecule has 0 radical (unpaired) electrons. The summed E-state index contributed by atoms with van der Waals surface area (Å²) in [4.78, 5) is 24.2. The van der Waals surface area contributed by atoms with Gasteiger partial charge in [0, 0.05) is 18.2 Å². The van der Waals surface area contributed by atoms with Gasteiger partial charge in [0.2, 0.25) is 0 Å². The third kappa shape index (κ3) is 6.77. The van der Waals surface area contributed by atoms with Crippen LogP contribution in [0.1, 0.15) is 12.0 Å². The highest BCUT2D eigenvalue weighted by atomic mass is 16.5. The molecule has 0 saturated heterocycles. The molecule has 3 aromatic rings. The highest BCUT2D eigenvalue weighted by Gasteiger charge is 2.11. The van der Waals surface area contributed by atoms with Crippen molar-refractivity contribution in [2.24, 2.45) is 0 Å². The smallest absolute Gasteiger partial charge is 0.306 e. The zero-order chi connectivity index (χ0) is 22.8. The van der Waals surface area contributed by atoms with E-state index in [-0.39, 0.29) is 13.0 Å². The number of hydrogen-bond acceptors (Lipinski definition) is 6. The predicted octanol–water partition coefficient (Wildman–Crippen LogP) is 4.61. The van der Waals surface area contributed by atoms with Crippen LogP contribution >= 0.6 is 0 Å². The Labute approximate surface area is 186 Å². The first-order valence-electron chi connectivity index (χ1n) is 10.1. The molecule has 166 valence electrons. The van der Waals surface area contributed by atoms with Crippen LogP contribution in [0.25, 0.3) is 0 Å². The fraction of sp³-hybridized carbons (Fsp3) is 0.200. The number of esters is 1. The minimum atomic E-state index is -0.462. The van der Waals surface area contributed by atoms with E-state index < -0.39 is 11.9 Å². The minimum absolute atomic E-state index is 0.142. The maximum absolute atomic E-state index is 12.2. The van der Waals surface area contributed by atoms with E-state index in [1.165, 1.54) is 0 Å². The molecule has 7 heteroatoms. The van der Waals surface area contributed by atoms with Crippen molar-refractivity contribution in [2.45, 2.75) is 12.8 Å². The monoisotopic (exact) mass is 435 g/mol. The van der Waals surface area contributed by atoms with Crippen LogP contribution in [0.3, 0.4) is 0 Å². The molecule has 0 aliphatic heterocycles. The molecular weight excluding hydrogens is 410 g/mol. The fourth-order valence-electron chi connectivity index (χ4n) is 2.96. The van der Waals surface area contributed by atoms with Gasteiger partial charge in [0.05, 0.1) is 14.2 Å². The summed E-state index contributed by atoms with van der Waals surface area (Å²) in [6.07, 6.45) is 0.600. The molecule has 0 fully saturated rings. The Balaban J connectivity index is 1.44. The lowest BCUT2D eigenvalue weighted by molar-refractivity contribution is -0.147. The second kappa shape index (κ2) is 11.4. The van der Waals surface area contributed by atoms with E-state index in [1.807, 2.05) is 42.5 Å². The number of carbonyl (C=O) groups is 2. The molecule has 7 nitrogen and oxygen atoms in total. The number of hydrogen-bond donors (Lipinski definition) is 1. The van der Waals surface area contributed by atoms with Gasteiger partial charge in [-0.25, -0.2) is 0 Å². The van der Waals surface area contributed by atoms with Crippen molar-refractivity contribution in [1.29, 1.82) is 0 Å². The Bertz CT molecular complexity index is 1050. The number of anilines is 1. The van der Waals surface area contributed by atoms with Crippen molar-refractivity contribution < 1.29 is 28.5 Å². The van der Waals surface area contributed by atoms with Crippen LogP contribution in [0, 0.1) is 0 Å². The number of aryl methyl sites for hydroxylation is 1. The number of nitrogens with one attached hydrogen (secondary N) is 1. The average Bonchev–Trinajstić information content (AvgIpc) is 2.82. The second-order valence-electron chi connectivity index (χ2n) is 6.84. The van der Waals surface area contributed by atoms with Gasteiger partial charge in [0.25, 0.3) is 5.91 Å². The van der Waals surface area contributed by atoms with Gasteiger partial charge >= 0.3 is 5.97 Å². The average molecular weight is 435 g/mol. The summed E-state index contributed by atoms with van der Waals surface area (Å²) in [6.45, 7) is -0.367. The SMILES string of the molecule is COc1ccc(CCC(=O)OCC(=O)Nc2cccc(Oc3ccccc3)c2)cc1OC. The fourth-order valence-corrected chi connectivity index (χ4v) is 2.96. The molecule has 0 aliphatic rings. The van der Waals surface area contributed by atoms with E-state index >= 15 is 0 Å². The number of amides is 1. The van der Waals surface area contributed by atoms with Gasteiger partial charge in [0.15, 0.2) is 18.1 Å². The normalized spacial score (nSPS) is 10.2. The van der Waals surface area contributed by atoms with Crippen LogP contribution in [0.5, 0.6) is 23.0 Å². The van der Waals surface area contributed by atoms with Crippen LogP contribution in [-0.4, -0.2) is 32.7 Å². The van der Waals surface area contributed by atoms with Crippen molar-refractivity contribution in [2.75, 3.05) is 26.1 Å². The van der Waals surface area contributed by atoms with Gasteiger partial charge in [0.1, 0.15) is 11.5 Å². The van der Waals surface area contributed by atoms with Gasteiger partial charge in [-0.3, -0.25) is 9.59 Å². The summed E-state index contributed by atoms with van der Waals surface area (Å²) in [5, 5.41) is 2.70. The van der Waals surface area contributed by atoms with Crippen LogP contribution in [0.15, 0.2) is 72.8 Å². The maximum atomic E-state index is 12.2. The molecule has 0 aliphatic carbocycles. The number of methoxy groups -OCH3 is 2. The Hall–Kier alpha value is -4.00. The highest BCUT2D eigenvalue weighted by Crippen LogP contribution is 2.28. The molecule has 32 heavy (non-hydrogen) atoms. The summed E-state index contributed by atoms with van der Waals surface area (Å²) < 4.78 is 21.3. The second-order valence-corrected chi connectivity index (χ2v) is 6.84. The summed E-state index contributed by atoms with van der Waals surface area (Å²) in [5.41, 5.74) is 1.45. The number of benzene rings is 3. The molecule has 0 aromatic heterocycles. The van der Waals surface area contributed by atoms with E-state index in [0.717, 1.165) is 5.56 Å². The topological polar surface area (TPSA) is 83.1 Å². The number of para-hydroxylation sites is 1. The van der Waals surface area contributed by atoms with Crippen LogP contribution in [0.2, 0.25) is 0 Å². The zero-order valence-corrected chi connectivity index (χ0v) is 18.0. The van der Waals surface area contributed by atoms with Gasteiger partial charge in [-0.15, -0.1) is 0 Å². The molecular formula is C25H25NO6. The van der Waals surface area contributed by atoms with Gasteiger partial charge < -0.3 is 24.3 Å². The van der Waals surface area contributed by atoms with E-state index in [2.05, 4.69) is 5.32 Å². The first-order chi connectivity index (χ1) is 15.6. The van der Waals surface area contributed by atoms with Gasteiger partial charge in [-0.05, 0) is 48.4 Å². The quantitative estimate of drug-likeness (QED) is 0.468. The molecule has 3 rings (SSSR count). The number of ether oxygens (including phenoxy) is 4. The molecule has 1 N–H and O–H groups in total. The van der Waals surface area contributed by atoms with Crippen LogP contribution in [0.4, 0.5) is 5.69 Å². The van der Waals surface area contributed by atoms with Crippen LogP contribution in [-0.2, 0) is 20.7 Å². The minimum Gasteiger partial charge on any atom is -0.493 e. The third-order valence-corrected chi connectivity index (χ3v) is 4.53. The molecule has 0 unspecified atom stereocenters. The molecule has 0 spiro atoms. The lowest BCUT2D eigenvalue weighted by Crippen LogP contribution is -2.21. The zero-order valence-electron chi connectivity index (χ0n) is 18.0. The van der Waals surface area contributed by atoms with Gasteiger partial charge in [-0.2, -0.15) is 0 Å². The highest BCUT2D eigenvalue weighted by molar-refractivity contribution is 5.93. The molecule has 0 atom stereocenters. The molecule has 0 bridgehead atoms. The van der Waals surface area contributed by atoms with Gasteiger partial charge in [-0.1, -0.05) is 30.3 Å². The van der Waals surface area contributed by atoms with Crippen molar-refractivity contribution >= 4 is 17.6 Å². The summed E-state index contributed by atoms with van der Waals surface area (Å²) in [6, 6.07) is 21.8. The molecule has 0 saturated carbocycles. The lowest BCUT2D eigenvalue weighted by atomic mass is 10.1. The lowest BCUT2D eigenvalue weighted by Gasteiger charge is -2.10. The Morgan fingerprint density at radius 3 is 2.31 bits per heavy atom. The van der Waals surface area contributed by atoms with E-state index in [1.54, 1.807) is 44.6 Å². The Morgan fingerprint density at radius 2 is 1.56 bits per heavy atom. The van der Waals surface area contributed by atoms with Crippen molar-refractivity contribution in [3.63, 3.8) is 0 Å². The molecule has 0 heterocycles.